The van der Waals surface area contributed by atoms with Gasteiger partial charge in [-0.3, -0.25) is 9.67 Å². The first-order valence-corrected chi connectivity index (χ1v) is 8.85. The van der Waals surface area contributed by atoms with Crippen LogP contribution in [-0.4, -0.2) is 40.6 Å². The van der Waals surface area contributed by atoms with Crippen LogP contribution in [0.5, 0.6) is 0 Å². The molecule has 1 atom stereocenters. The molecule has 1 amide bonds. The second-order valence-corrected chi connectivity index (χ2v) is 6.45. The lowest BCUT2D eigenvalue weighted by molar-refractivity contribution is 0.170. The fourth-order valence-electron chi connectivity index (χ4n) is 2.76. The van der Waals surface area contributed by atoms with Gasteiger partial charge in [0.25, 0.3) is 0 Å². The largest absolute Gasteiger partial charge is 0.453 e. The van der Waals surface area contributed by atoms with E-state index in [1.807, 2.05) is 6.07 Å². The summed E-state index contributed by atoms with van der Waals surface area (Å²) in [5.41, 5.74) is 1.78. The fourth-order valence-corrected chi connectivity index (χ4v) is 2.76. The molecule has 0 bridgehead atoms. The maximum absolute atomic E-state index is 14.2. The Morgan fingerprint density at radius 1 is 1.50 bits per heavy atom. The molecule has 2 heterocycles. The van der Waals surface area contributed by atoms with Crippen molar-refractivity contribution in [1.82, 2.24) is 25.4 Å². The Morgan fingerprint density at radius 2 is 2.31 bits per heavy atom. The first-order chi connectivity index (χ1) is 12.6. The van der Waals surface area contributed by atoms with Crippen LogP contribution in [0.3, 0.4) is 0 Å². The highest BCUT2D eigenvalue weighted by Gasteiger charge is 2.25. The summed E-state index contributed by atoms with van der Waals surface area (Å²) >= 11 is 0. The van der Waals surface area contributed by atoms with Crippen LogP contribution in [0.1, 0.15) is 37.9 Å². The van der Waals surface area contributed by atoms with Gasteiger partial charge in [-0.15, -0.1) is 0 Å². The molecule has 2 N–H and O–H groups in total. The number of carbonyl (C=O) groups excluding carboxylic acids is 1. The lowest BCUT2D eigenvalue weighted by Crippen LogP contribution is -2.25. The van der Waals surface area contributed by atoms with Gasteiger partial charge >= 0.3 is 6.09 Å². The number of amides is 1. The second kappa shape index (κ2) is 8.27. The van der Waals surface area contributed by atoms with E-state index in [-0.39, 0.29) is 17.6 Å². The summed E-state index contributed by atoms with van der Waals surface area (Å²) in [7, 11) is 1.32. The summed E-state index contributed by atoms with van der Waals surface area (Å²) < 4.78 is 20.5. The molecule has 0 radical (unpaired) electrons. The van der Waals surface area contributed by atoms with E-state index in [2.05, 4.69) is 32.4 Å². The summed E-state index contributed by atoms with van der Waals surface area (Å²) in [4.78, 5) is 15.3. The zero-order valence-electron chi connectivity index (χ0n) is 15.0. The summed E-state index contributed by atoms with van der Waals surface area (Å²) in [6.07, 6.45) is 4.12. The van der Waals surface area contributed by atoms with Crippen LogP contribution in [0.2, 0.25) is 0 Å². The van der Waals surface area contributed by atoms with E-state index < -0.39 is 6.09 Å². The van der Waals surface area contributed by atoms with Crippen molar-refractivity contribution in [3.63, 3.8) is 0 Å². The summed E-state index contributed by atoms with van der Waals surface area (Å²) in [5.74, 6) is -0.379. The van der Waals surface area contributed by atoms with Crippen LogP contribution in [0.4, 0.5) is 9.18 Å². The molecular formula is C18H24FN5O2. The van der Waals surface area contributed by atoms with Gasteiger partial charge in [-0.05, 0) is 44.4 Å². The first kappa shape index (κ1) is 18.3. The normalized spacial score (nSPS) is 14.9. The average molecular weight is 361 g/mol. The molecule has 0 spiro atoms. The summed E-state index contributed by atoms with van der Waals surface area (Å²) in [5, 5.41) is 10.8. The minimum atomic E-state index is -0.468. The molecule has 0 saturated heterocycles. The van der Waals surface area contributed by atoms with Crippen molar-refractivity contribution < 1.29 is 13.9 Å². The van der Waals surface area contributed by atoms with Gasteiger partial charge in [-0.25, -0.2) is 9.18 Å². The van der Waals surface area contributed by atoms with E-state index in [1.54, 1.807) is 16.9 Å². The molecule has 2 aromatic rings. The van der Waals surface area contributed by atoms with Gasteiger partial charge in [-0.1, -0.05) is 0 Å². The number of nitrogens with zero attached hydrogens (tertiary/aromatic N) is 3. The van der Waals surface area contributed by atoms with Gasteiger partial charge in [0.1, 0.15) is 5.69 Å². The first-order valence-electron chi connectivity index (χ1n) is 8.85. The van der Waals surface area contributed by atoms with Gasteiger partial charge < -0.3 is 15.4 Å². The number of methoxy groups -OCH3 is 1. The number of halogens is 1. The third kappa shape index (κ3) is 4.57. The van der Waals surface area contributed by atoms with E-state index >= 15 is 0 Å². The van der Waals surface area contributed by atoms with E-state index in [1.165, 1.54) is 26.0 Å². The third-order valence-corrected chi connectivity index (χ3v) is 4.31. The quantitative estimate of drug-likeness (QED) is 0.707. The van der Waals surface area contributed by atoms with Crippen molar-refractivity contribution in [3.05, 3.63) is 35.9 Å². The molecule has 1 unspecified atom stereocenters. The smallest absolute Gasteiger partial charge is 0.406 e. The molecule has 3 rings (SSSR count). The van der Waals surface area contributed by atoms with Crippen molar-refractivity contribution in [3.8, 4) is 11.4 Å². The number of alkyl carbamates (subject to hydrolysis) is 1. The average Bonchev–Trinajstić information content (AvgIpc) is 3.35. The van der Waals surface area contributed by atoms with Crippen molar-refractivity contribution in [1.29, 1.82) is 0 Å². The standard InChI is InChI=1S/C18H24FN5O2/c1-12(22-13-6-7-13)15-11-16(17-14(19)5-3-8-20-17)24(23-15)10-4-9-21-18(25)26-2/h3,5,8,11-13,22H,4,6-7,9-10H2,1-2H3,(H,21,25). The fraction of sp³-hybridized carbons (Fsp3) is 0.500. The Kier molecular flexibility index (Phi) is 5.82. The third-order valence-electron chi connectivity index (χ3n) is 4.31. The van der Waals surface area contributed by atoms with Crippen molar-refractivity contribution in [2.24, 2.45) is 0 Å². The van der Waals surface area contributed by atoms with E-state index in [4.69, 9.17) is 0 Å². The van der Waals surface area contributed by atoms with Crippen LogP contribution in [0.15, 0.2) is 24.4 Å². The zero-order valence-corrected chi connectivity index (χ0v) is 15.0. The highest BCUT2D eigenvalue weighted by Crippen LogP contribution is 2.27. The van der Waals surface area contributed by atoms with Crippen LogP contribution in [0.25, 0.3) is 11.4 Å². The molecule has 26 heavy (non-hydrogen) atoms. The molecule has 1 aliphatic carbocycles. The Balaban J connectivity index is 1.77. The van der Waals surface area contributed by atoms with Crippen molar-refractivity contribution >= 4 is 6.09 Å². The van der Waals surface area contributed by atoms with Crippen LogP contribution >= 0.6 is 0 Å². The second-order valence-electron chi connectivity index (χ2n) is 6.45. The number of aromatic nitrogens is 3. The summed E-state index contributed by atoms with van der Waals surface area (Å²) in [6, 6.07) is 5.48. The molecule has 1 saturated carbocycles. The molecule has 2 aromatic heterocycles. The van der Waals surface area contributed by atoms with Gasteiger partial charge in [0, 0.05) is 31.4 Å². The van der Waals surface area contributed by atoms with E-state index in [0.717, 1.165) is 5.69 Å². The summed E-state index contributed by atoms with van der Waals surface area (Å²) in [6.45, 7) is 3.04. The number of hydrogen-bond acceptors (Lipinski definition) is 5. The Hall–Kier alpha value is -2.48. The minimum Gasteiger partial charge on any atom is -0.453 e. The van der Waals surface area contributed by atoms with Crippen molar-refractivity contribution in [2.45, 2.75) is 44.8 Å². The Bertz CT molecular complexity index is 760. The maximum atomic E-state index is 14.2. The van der Waals surface area contributed by atoms with Gasteiger partial charge in [0.05, 0.1) is 18.5 Å². The Labute approximate surface area is 151 Å². The molecule has 8 heteroatoms. The number of carbonyl (C=O) groups is 1. The minimum absolute atomic E-state index is 0.0856. The van der Waals surface area contributed by atoms with Gasteiger partial charge in [0.2, 0.25) is 0 Å². The monoisotopic (exact) mass is 361 g/mol. The highest BCUT2D eigenvalue weighted by atomic mass is 19.1. The number of rotatable bonds is 8. The van der Waals surface area contributed by atoms with E-state index in [0.29, 0.717) is 31.2 Å². The number of ether oxygens (including phenoxy) is 1. The lowest BCUT2D eigenvalue weighted by atomic mass is 10.2. The molecule has 0 aliphatic heterocycles. The molecule has 140 valence electrons. The van der Waals surface area contributed by atoms with E-state index in [9.17, 15) is 9.18 Å². The van der Waals surface area contributed by atoms with Crippen LogP contribution < -0.4 is 10.6 Å². The number of nitrogens with one attached hydrogen (secondary N) is 2. The van der Waals surface area contributed by atoms with Gasteiger partial charge in [-0.2, -0.15) is 5.10 Å². The number of hydrogen-bond donors (Lipinski definition) is 2. The zero-order chi connectivity index (χ0) is 18.5. The molecule has 1 aliphatic rings. The maximum Gasteiger partial charge on any atom is 0.406 e. The van der Waals surface area contributed by atoms with Crippen LogP contribution in [0, 0.1) is 5.82 Å². The predicted molar refractivity (Wildman–Crippen MR) is 95.0 cm³/mol. The number of aryl methyl sites for hydroxylation is 1. The van der Waals surface area contributed by atoms with Crippen LogP contribution in [-0.2, 0) is 11.3 Å². The topological polar surface area (TPSA) is 81.1 Å². The molecule has 7 nitrogen and oxygen atoms in total. The molecule has 1 fully saturated rings. The van der Waals surface area contributed by atoms with Gasteiger partial charge in [0.15, 0.2) is 5.82 Å². The molecule has 0 aromatic carbocycles. The lowest BCUT2D eigenvalue weighted by Gasteiger charge is -2.10. The predicted octanol–water partition coefficient (Wildman–Crippen LogP) is 2.64. The highest BCUT2D eigenvalue weighted by molar-refractivity contribution is 5.66. The number of pyridine rings is 1. The molecular weight excluding hydrogens is 337 g/mol. The SMILES string of the molecule is COC(=O)NCCCn1nc(C(C)NC2CC2)cc1-c1ncccc1F. The van der Waals surface area contributed by atoms with Crippen molar-refractivity contribution in [2.75, 3.05) is 13.7 Å². The Morgan fingerprint density at radius 3 is 3.00 bits per heavy atom.